The number of nitrogens with one attached hydrogen (secondary N) is 2. The molecule has 0 unspecified atom stereocenters. The molecular weight excluding hydrogens is 411 g/mol. The molecular formula is C16H26F3N7O2S. The van der Waals surface area contributed by atoms with E-state index in [4.69, 9.17) is 0 Å². The highest BCUT2D eigenvalue weighted by molar-refractivity contribution is 7.90. The lowest BCUT2D eigenvalue weighted by atomic mass is 10.1. The van der Waals surface area contributed by atoms with Gasteiger partial charge in [-0.2, -0.15) is 17.5 Å². The number of hydrogen-bond donors (Lipinski definition) is 2. The van der Waals surface area contributed by atoms with E-state index in [2.05, 4.69) is 30.4 Å². The molecule has 2 N–H and O–H groups in total. The molecule has 1 aromatic heterocycles. The maximum absolute atomic E-state index is 12.7. The highest BCUT2D eigenvalue weighted by atomic mass is 32.2. The van der Waals surface area contributed by atoms with Gasteiger partial charge in [0.05, 0.1) is 6.54 Å². The Morgan fingerprint density at radius 1 is 1.17 bits per heavy atom. The summed E-state index contributed by atoms with van der Waals surface area (Å²) in [6.07, 6.45) is 4.80. The van der Waals surface area contributed by atoms with Gasteiger partial charge in [-0.3, -0.25) is 4.99 Å². The van der Waals surface area contributed by atoms with E-state index >= 15 is 0 Å². The number of aromatic nitrogens is 3. The topological polar surface area (TPSA) is 105 Å². The summed E-state index contributed by atoms with van der Waals surface area (Å²) in [5.74, 6) is 2.30. The first-order valence-electron chi connectivity index (χ1n) is 9.67. The SMILES string of the molecule is CN=C(NCc1nnc2n1CCCCC2)NC1CCN(S(=O)(=O)C(F)(F)F)CC1. The molecule has 3 rings (SSSR count). The summed E-state index contributed by atoms with van der Waals surface area (Å²) in [6.45, 7) is 0.938. The molecule has 1 fully saturated rings. The Morgan fingerprint density at radius 2 is 1.90 bits per heavy atom. The van der Waals surface area contributed by atoms with E-state index in [1.54, 1.807) is 7.05 Å². The van der Waals surface area contributed by atoms with Crippen molar-refractivity contribution < 1.29 is 21.6 Å². The van der Waals surface area contributed by atoms with Crippen molar-refractivity contribution in [2.24, 2.45) is 4.99 Å². The van der Waals surface area contributed by atoms with Crippen molar-refractivity contribution in [1.29, 1.82) is 0 Å². The van der Waals surface area contributed by atoms with Crippen LogP contribution in [0.25, 0.3) is 0 Å². The molecule has 0 saturated carbocycles. The second-order valence-corrected chi connectivity index (χ2v) is 9.12. The minimum atomic E-state index is -5.27. The Morgan fingerprint density at radius 3 is 2.55 bits per heavy atom. The van der Waals surface area contributed by atoms with Crippen LogP contribution in [0.5, 0.6) is 0 Å². The highest BCUT2D eigenvalue weighted by Crippen LogP contribution is 2.28. The Balaban J connectivity index is 1.51. The van der Waals surface area contributed by atoms with Crippen LogP contribution in [0.3, 0.4) is 0 Å². The van der Waals surface area contributed by atoms with Crippen LogP contribution in [0.4, 0.5) is 13.2 Å². The molecule has 0 amide bonds. The van der Waals surface area contributed by atoms with Gasteiger partial charge in [0.15, 0.2) is 11.8 Å². The first-order chi connectivity index (χ1) is 13.7. The Bertz CT molecular complexity index is 830. The normalized spacial score (nSPS) is 20.2. The Kier molecular flexibility index (Phi) is 6.66. The number of hydrogen-bond acceptors (Lipinski definition) is 5. The zero-order valence-corrected chi connectivity index (χ0v) is 17.1. The number of aryl methyl sites for hydroxylation is 1. The second-order valence-electron chi connectivity index (χ2n) is 7.19. The fraction of sp³-hybridized carbons (Fsp3) is 0.812. The van der Waals surface area contributed by atoms with Gasteiger partial charge in [-0.15, -0.1) is 10.2 Å². The van der Waals surface area contributed by atoms with Gasteiger partial charge >= 0.3 is 15.5 Å². The first kappa shape index (κ1) is 21.8. The van der Waals surface area contributed by atoms with E-state index < -0.39 is 15.5 Å². The van der Waals surface area contributed by atoms with E-state index in [1.165, 1.54) is 6.42 Å². The average Bonchev–Trinajstić information content (AvgIpc) is 2.91. The van der Waals surface area contributed by atoms with E-state index in [0.717, 1.165) is 37.5 Å². The third-order valence-electron chi connectivity index (χ3n) is 5.25. The van der Waals surface area contributed by atoms with Gasteiger partial charge in [-0.05, 0) is 25.7 Å². The van der Waals surface area contributed by atoms with Crippen molar-refractivity contribution in [2.45, 2.75) is 63.2 Å². The second kappa shape index (κ2) is 8.86. The molecule has 3 heterocycles. The van der Waals surface area contributed by atoms with Gasteiger partial charge in [0.2, 0.25) is 0 Å². The molecule has 0 radical (unpaired) electrons. The standard InChI is InChI=1S/C16H26F3N7O2S/c1-20-15(21-11-14-24-23-13-5-3-2-4-8-26(13)14)22-12-6-9-25(10-7-12)29(27,28)16(17,18)19/h12H,2-11H2,1H3,(H2,20,21,22). The summed E-state index contributed by atoms with van der Waals surface area (Å²) in [6, 6.07) is -0.170. The fourth-order valence-electron chi connectivity index (χ4n) is 3.61. The minimum Gasteiger partial charge on any atom is -0.354 e. The summed E-state index contributed by atoms with van der Waals surface area (Å²) in [4.78, 5) is 4.14. The lowest BCUT2D eigenvalue weighted by Gasteiger charge is -2.32. The molecule has 29 heavy (non-hydrogen) atoms. The van der Waals surface area contributed by atoms with Crippen LogP contribution in [0.15, 0.2) is 4.99 Å². The van der Waals surface area contributed by atoms with Gasteiger partial charge < -0.3 is 15.2 Å². The van der Waals surface area contributed by atoms with E-state index in [9.17, 15) is 21.6 Å². The van der Waals surface area contributed by atoms with Gasteiger partial charge in [0.25, 0.3) is 0 Å². The zero-order chi connectivity index (χ0) is 21.1. The van der Waals surface area contributed by atoms with Crippen molar-refractivity contribution >= 4 is 16.0 Å². The van der Waals surface area contributed by atoms with Crippen LogP contribution < -0.4 is 10.6 Å². The molecule has 0 aliphatic carbocycles. The Hall–Kier alpha value is -1.89. The van der Waals surface area contributed by atoms with Crippen molar-refractivity contribution in [3.05, 3.63) is 11.6 Å². The van der Waals surface area contributed by atoms with Gasteiger partial charge in [0.1, 0.15) is 5.82 Å². The number of piperidine rings is 1. The number of nitrogens with zero attached hydrogens (tertiary/aromatic N) is 5. The van der Waals surface area contributed by atoms with Crippen LogP contribution in [0, 0.1) is 0 Å². The highest BCUT2D eigenvalue weighted by Gasteiger charge is 2.50. The van der Waals surface area contributed by atoms with Crippen LogP contribution in [0.1, 0.15) is 43.8 Å². The predicted octanol–water partition coefficient (Wildman–Crippen LogP) is 0.984. The molecule has 0 spiro atoms. The van der Waals surface area contributed by atoms with Crippen LogP contribution in [0.2, 0.25) is 0 Å². The third-order valence-corrected chi connectivity index (χ3v) is 6.88. The van der Waals surface area contributed by atoms with Crippen molar-refractivity contribution in [3.8, 4) is 0 Å². The summed E-state index contributed by atoms with van der Waals surface area (Å²) in [7, 11) is -3.67. The van der Waals surface area contributed by atoms with E-state index in [0.29, 0.717) is 16.8 Å². The predicted molar refractivity (Wildman–Crippen MR) is 100 cm³/mol. The number of alkyl halides is 3. The number of sulfonamides is 1. The molecule has 1 saturated heterocycles. The smallest absolute Gasteiger partial charge is 0.354 e. The van der Waals surface area contributed by atoms with Gasteiger partial charge in [-0.25, -0.2) is 8.42 Å². The van der Waals surface area contributed by atoms with Crippen molar-refractivity contribution in [2.75, 3.05) is 20.1 Å². The van der Waals surface area contributed by atoms with Crippen LogP contribution in [-0.2, 0) is 29.5 Å². The molecule has 2 aliphatic rings. The molecule has 2 aliphatic heterocycles. The molecule has 0 atom stereocenters. The maximum Gasteiger partial charge on any atom is 0.511 e. The lowest BCUT2D eigenvalue weighted by Crippen LogP contribution is -2.51. The summed E-state index contributed by atoms with van der Waals surface area (Å²) < 4.78 is 63.6. The minimum absolute atomic E-state index is 0.170. The number of halogens is 3. The Labute approximate surface area is 167 Å². The first-order valence-corrected chi connectivity index (χ1v) is 11.1. The van der Waals surface area contributed by atoms with E-state index in [-0.39, 0.29) is 32.0 Å². The molecule has 13 heteroatoms. The van der Waals surface area contributed by atoms with Crippen molar-refractivity contribution in [3.63, 3.8) is 0 Å². The molecule has 0 bridgehead atoms. The molecule has 1 aromatic rings. The monoisotopic (exact) mass is 437 g/mol. The van der Waals surface area contributed by atoms with Crippen LogP contribution >= 0.6 is 0 Å². The maximum atomic E-state index is 12.7. The third kappa shape index (κ3) is 5.00. The van der Waals surface area contributed by atoms with E-state index in [1.807, 2.05) is 0 Å². The van der Waals surface area contributed by atoms with Gasteiger partial charge in [0, 0.05) is 39.1 Å². The fourth-order valence-corrected chi connectivity index (χ4v) is 4.60. The summed E-state index contributed by atoms with van der Waals surface area (Å²) in [5, 5.41) is 14.8. The summed E-state index contributed by atoms with van der Waals surface area (Å²) in [5.41, 5.74) is -5.26. The average molecular weight is 437 g/mol. The molecule has 0 aromatic carbocycles. The zero-order valence-electron chi connectivity index (χ0n) is 16.2. The molecule has 9 nitrogen and oxygen atoms in total. The van der Waals surface area contributed by atoms with Gasteiger partial charge in [-0.1, -0.05) is 6.42 Å². The number of aliphatic imine (C=N–C) groups is 1. The van der Waals surface area contributed by atoms with Crippen LogP contribution in [-0.4, -0.2) is 65.1 Å². The largest absolute Gasteiger partial charge is 0.511 e. The van der Waals surface area contributed by atoms with Crippen molar-refractivity contribution in [1.82, 2.24) is 29.7 Å². The summed E-state index contributed by atoms with van der Waals surface area (Å²) >= 11 is 0. The number of guanidine groups is 1. The number of fused-ring (bicyclic) bond motifs is 1. The lowest BCUT2D eigenvalue weighted by molar-refractivity contribution is -0.0494. The molecule has 164 valence electrons. The number of rotatable bonds is 4. The quantitative estimate of drug-likeness (QED) is 0.538.